The molecule has 0 aliphatic carbocycles. The fourth-order valence-corrected chi connectivity index (χ4v) is 5.51. The summed E-state index contributed by atoms with van der Waals surface area (Å²) in [5.41, 5.74) is 1.27. The summed E-state index contributed by atoms with van der Waals surface area (Å²) in [5, 5.41) is -7.11. The van der Waals surface area contributed by atoms with Gasteiger partial charge in [0.25, 0.3) is 0 Å². The Morgan fingerprint density at radius 1 is 0.610 bits per heavy atom. The van der Waals surface area contributed by atoms with Crippen LogP contribution >= 0.6 is 0 Å². The van der Waals surface area contributed by atoms with E-state index in [1.54, 1.807) is 14.2 Å². The number of benzene rings is 3. The Balaban J connectivity index is 0.000000307. The molecule has 0 aliphatic rings. The SMILES string of the molecule is COc1ccc([S+](c2ccc(C)cc2)c2ccc(OC)cc2)cc1.O=S(=O)([O-])C(F)(F)C(F)(F)C(F)(F)C(F)(F)F. The Hall–Kier alpha value is -3.11. The highest BCUT2D eigenvalue weighted by Gasteiger charge is 2.83. The molecule has 3 aromatic carbocycles. The van der Waals surface area contributed by atoms with Crippen LogP contribution in [0.4, 0.5) is 39.5 Å². The summed E-state index contributed by atoms with van der Waals surface area (Å²) in [6, 6.07) is 25.4. The molecule has 0 bridgehead atoms. The Morgan fingerprint density at radius 3 is 1.20 bits per heavy atom. The van der Waals surface area contributed by atoms with Crippen LogP contribution in [0.25, 0.3) is 0 Å². The molecule has 0 saturated heterocycles. The zero-order valence-electron chi connectivity index (χ0n) is 21.2. The first kappa shape index (κ1) is 34.1. The maximum atomic E-state index is 12.2. The van der Waals surface area contributed by atoms with E-state index in [9.17, 15) is 52.5 Å². The van der Waals surface area contributed by atoms with Gasteiger partial charge in [0, 0.05) is 0 Å². The minimum atomic E-state index is -7.43. The first-order chi connectivity index (χ1) is 18.7. The van der Waals surface area contributed by atoms with Crippen molar-refractivity contribution in [2.45, 2.75) is 44.9 Å². The van der Waals surface area contributed by atoms with E-state index >= 15 is 0 Å². The van der Waals surface area contributed by atoms with Gasteiger partial charge in [0.05, 0.1) is 25.1 Å². The van der Waals surface area contributed by atoms with Crippen LogP contribution in [0.15, 0.2) is 87.5 Å². The van der Waals surface area contributed by atoms with Crippen LogP contribution in [-0.2, 0) is 21.0 Å². The van der Waals surface area contributed by atoms with Gasteiger partial charge in [-0.25, -0.2) is 8.42 Å². The highest BCUT2D eigenvalue weighted by atomic mass is 32.2. The molecule has 0 saturated carbocycles. The molecule has 0 radical (unpaired) electrons. The molecule has 0 spiro atoms. The summed E-state index contributed by atoms with van der Waals surface area (Å²) in [6.07, 6.45) is -7.16. The van der Waals surface area contributed by atoms with Crippen molar-refractivity contribution in [3.8, 4) is 11.5 Å². The van der Waals surface area contributed by atoms with Crippen molar-refractivity contribution >= 4 is 21.0 Å². The lowest BCUT2D eigenvalue weighted by Crippen LogP contribution is -2.63. The van der Waals surface area contributed by atoms with Gasteiger partial charge in [-0.2, -0.15) is 39.5 Å². The lowest BCUT2D eigenvalue weighted by molar-refractivity contribution is -0.382. The summed E-state index contributed by atoms with van der Waals surface area (Å²) >= 11 is 0. The van der Waals surface area contributed by atoms with Gasteiger partial charge in [-0.05, 0) is 67.6 Å². The van der Waals surface area contributed by atoms with Crippen molar-refractivity contribution in [1.29, 1.82) is 0 Å². The highest BCUT2D eigenvalue weighted by molar-refractivity contribution is 7.97. The van der Waals surface area contributed by atoms with Crippen LogP contribution in [0.5, 0.6) is 11.5 Å². The molecular formula is C25H21F9O5S2. The van der Waals surface area contributed by atoms with Gasteiger partial charge >= 0.3 is 23.3 Å². The first-order valence-electron chi connectivity index (χ1n) is 11.0. The van der Waals surface area contributed by atoms with Crippen LogP contribution < -0.4 is 9.47 Å². The highest BCUT2D eigenvalue weighted by Crippen LogP contribution is 2.54. The molecule has 0 heterocycles. The lowest BCUT2D eigenvalue weighted by atomic mass is 10.1. The average Bonchev–Trinajstić information content (AvgIpc) is 2.89. The molecule has 226 valence electrons. The van der Waals surface area contributed by atoms with Gasteiger partial charge in [-0.15, -0.1) is 0 Å². The van der Waals surface area contributed by atoms with Crippen molar-refractivity contribution in [2.24, 2.45) is 0 Å². The molecule has 3 rings (SSSR count). The van der Waals surface area contributed by atoms with Crippen LogP contribution in [-0.4, -0.2) is 50.5 Å². The standard InChI is InChI=1S/C21H21O2S.C4HF9O3S/c1-16-4-10-19(11-5-16)24(20-12-6-17(22-2)7-13-20)21-14-8-18(23-3)9-15-21;5-1(6,3(9,10)11)2(7,8)4(12,13)17(14,15)16/h4-15H,1-3H3;(H,14,15,16)/q+1;/p-1. The summed E-state index contributed by atoms with van der Waals surface area (Å²) in [4.78, 5) is 3.84. The Labute approximate surface area is 232 Å². The van der Waals surface area contributed by atoms with Crippen LogP contribution in [0, 0.1) is 6.92 Å². The summed E-state index contributed by atoms with van der Waals surface area (Å²) in [6.45, 7) is 2.11. The van der Waals surface area contributed by atoms with Crippen LogP contribution in [0.2, 0.25) is 0 Å². The van der Waals surface area contributed by atoms with Gasteiger partial charge in [-0.1, -0.05) is 17.7 Å². The fourth-order valence-electron chi connectivity index (χ4n) is 3.02. The van der Waals surface area contributed by atoms with E-state index in [2.05, 4.69) is 55.5 Å². The monoisotopic (exact) mass is 636 g/mol. The third-order valence-corrected chi connectivity index (χ3v) is 8.39. The summed E-state index contributed by atoms with van der Waals surface area (Å²) < 4.78 is 146. The fraction of sp³-hybridized carbons (Fsp3) is 0.280. The molecule has 0 fully saturated rings. The largest absolute Gasteiger partial charge is 0.743 e. The Kier molecular flexibility index (Phi) is 10.3. The molecule has 5 nitrogen and oxygen atoms in total. The third-order valence-electron chi connectivity index (χ3n) is 5.28. The first-order valence-corrected chi connectivity index (χ1v) is 13.6. The molecule has 0 atom stereocenters. The van der Waals surface area contributed by atoms with E-state index in [0.717, 1.165) is 11.5 Å². The molecule has 16 heteroatoms. The number of hydrogen-bond donors (Lipinski definition) is 0. The minimum Gasteiger partial charge on any atom is -0.743 e. The smallest absolute Gasteiger partial charge is 0.460 e. The van der Waals surface area contributed by atoms with Gasteiger partial charge < -0.3 is 14.0 Å². The number of halogens is 9. The Bertz CT molecular complexity index is 1350. The summed E-state index contributed by atoms with van der Waals surface area (Å²) in [5.74, 6) is -13.1. The number of methoxy groups -OCH3 is 2. The minimum absolute atomic E-state index is 0.155. The van der Waals surface area contributed by atoms with E-state index in [4.69, 9.17) is 9.47 Å². The Morgan fingerprint density at radius 2 is 0.927 bits per heavy atom. The van der Waals surface area contributed by atoms with E-state index < -0.39 is 33.4 Å². The summed E-state index contributed by atoms with van der Waals surface area (Å²) in [7, 11) is -4.19. The predicted octanol–water partition coefficient (Wildman–Crippen LogP) is 7.06. The van der Waals surface area contributed by atoms with Crippen molar-refractivity contribution in [3.05, 3.63) is 78.4 Å². The molecule has 0 aromatic heterocycles. The normalized spacial score (nSPS) is 12.9. The van der Waals surface area contributed by atoms with E-state index in [1.807, 2.05) is 24.3 Å². The number of ether oxygens (including phenoxy) is 2. The second-order valence-electron chi connectivity index (χ2n) is 8.09. The van der Waals surface area contributed by atoms with Crippen molar-refractivity contribution < 1.29 is 62.0 Å². The van der Waals surface area contributed by atoms with Crippen molar-refractivity contribution in [1.82, 2.24) is 0 Å². The maximum Gasteiger partial charge on any atom is 0.460 e. The van der Waals surface area contributed by atoms with Gasteiger partial charge in [0.1, 0.15) is 11.5 Å². The van der Waals surface area contributed by atoms with Gasteiger partial charge in [-0.3, -0.25) is 0 Å². The molecule has 0 unspecified atom stereocenters. The number of hydrogen-bond acceptors (Lipinski definition) is 5. The topological polar surface area (TPSA) is 75.7 Å². The van der Waals surface area contributed by atoms with E-state index in [0.29, 0.717) is 0 Å². The van der Waals surface area contributed by atoms with Crippen molar-refractivity contribution in [3.63, 3.8) is 0 Å². The van der Waals surface area contributed by atoms with E-state index in [-0.39, 0.29) is 10.9 Å². The zero-order chi connectivity index (χ0) is 31.4. The molecular weight excluding hydrogens is 615 g/mol. The zero-order valence-corrected chi connectivity index (χ0v) is 22.8. The van der Waals surface area contributed by atoms with Crippen LogP contribution in [0.3, 0.4) is 0 Å². The maximum absolute atomic E-state index is 12.2. The molecule has 3 aromatic rings. The molecule has 0 N–H and O–H groups in total. The predicted molar refractivity (Wildman–Crippen MR) is 130 cm³/mol. The number of aryl methyl sites for hydroxylation is 1. The molecule has 0 aliphatic heterocycles. The second-order valence-corrected chi connectivity index (χ2v) is 11.5. The number of alkyl halides is 9. The second kappa shape index (κ2) is 12.4. The van der Waals surface area contributed by atoms with Gasteiger partial charge in [0.2, 0.25) is 0 Å². The number of rotatable bonds is 8. The van der Waals surface area contributed by atoms with Crippen LogP contribution in [0.1, 0.15) is 5.56 Å². The van der Waals surface area contributed by atoms with E-state index in [1.165, 1.54) is 20.2 Å². The van der Waals surface area contributed by atoms with Gasteiger partial charge in [0.15, 0.2) is 24.8 Å². The van der Waals surface area contributed by atoms with Crippen molar-refractivity contribution in [2.75, 3.05) is 14.2 Å². The molecule has 0 amide bonds. The third kappa shape index (κ3) is 7.22. The molecule has 41 heavy (non-hydrogen) atoms. The lowest BCUT2D eigenvalue weighted by Gasteiger charge is -2.34. The average molecular weight is 637 g/mol. The quantitative estimate of drug-likeness (QED) is 0.150.